The summed E-state index contributed by atoms with van der Waals surface area (Å²) in [5, 5.41) is 36.8. The number of ketones is 1. The summed E-state index contributed by atoms with van der Waals surface area (Å²) < 4.78 is 12.8. The van der Waals surface area contributed by atoms with E-state index in [1.54, 1.807) is 28.9 Å². The minimum atomic E-state index is -1.14. The molecule has 2 rings (SSSR count). The van der Waals surface area contributed by atoms with Gasteiger partial charge in [-0.3, -0.25) is 28.7 Å². The highest BCUT2D eigenvalue weighted by Gasteiger charge is 2.19. The molecular weight excluding hydrogens is 756 g/mol. The molecule has 0 radical (unpaired) electrons. The van der Waals surface area contributed by atoms with Crippen molar-refractivity contribution in [1.29, 1.82) is 0 Å². The Bertz CT molecular complexity index is 1510. The first-order chi connectivity index (χ1) is 28.1. The van der Waals surface area contributed by atoms with Gasteiger partial charge in [-0.15, -0.1) is 5.10 Å². The van der Waals surface area contributed by atoms with Crippen LogP contribution in [-0.2, 0) is 41.7 Å². The molecule has 58 heavy (non-hydrogen) atoms. The molecule has 0 bridgehead atoms. The number of ether oxygens (including phenoxy) is 2. The quantitative estimate of drug-likeness (QED) is 0.0300. The Kier molecular flexibility index (Phi) is 26.3. The van der Waals surface area contributed by atoms with Crippen LogP contribution in [0.15, 0.2) is 30.5 Å². The molecule has 1 aromatic carbocycles. The molecule has 1 heterocycles. The fraction of sp³-hybridized carbons (Fsp3) is 0.641. The van der Waals surface area contributed by atoms with Crippen molar-refractivity contribution < 1.29 is 53.3 Å². The molecule has 0 aliphatic rings. The minimum absolute atomic E-state index is 0.0519. The third-order valence-electron chi connectivity index (χ3n) is 8.87. The van der Waals surface area contributed by atoms with E-state index in [0.717, 1.165) is 63.5 Å². The molecule has 2 aromatic rings. The highest BCUT2D eigenvalue weighted by atomic mass is 16.6. The van der Waals surface area contributed by atoms with Crippen LogP contribution >= 0.6 is 0 Å². The number of amides is 4. The number of unbranched alkanes of at least 4 members (excludes halogenated alkanes) is 7. The van der Waals surface area contributed by atoms with E-state index in [1.807, 2.05) is 6.20 Å². The van der Waals surface area contributed by atoms with Crippen molar-refractivity contribution in [3.63, 3.8) is 0 Å². The number of nitrogens with zero attached hydrogens (tertiary/aromatic N) is 3. The summed E-state index contributed by atoms with van der Waals surface area (Å²) in [6, 6.07) is 5.03. The van der Waals surface area contributed by atoms with Crippen molar-refractivity contribution in [1.82, 2.24) is 36.3 Å². The molecule has 19 nitrogen and oxygen atoms in total. The number of benzene rings is 1. The van der Waals surface area contributed by atoms with E-state index < -0.39 is 24.0 Å². The zero-order valence-corrected chi connectivity index (χ0v) is 33.4. The Morgan fingerprint density at radius 3 is 2.05 bits per heavy atom. The fourth-order valence-electron chi connectivity index (χ4n) is 5.68. The molecule has 0 unspecified atom stereocenters. The highest BCUT2D eigenvalue weighted by Crippen LogP contribution is 2.13. The predicted molar refractivity (Wildman–Crippen MR) is 212 cm³/mol. The maximum Gasteiger partial charge on any atom is 0.326 e. The molecule has 1 atom stereocenters. The lowest BCUT2D eigenvalue weighted by Crippen LogP contribution is -2.46. The number of Topliss-reactive ketones (excluding diaryl/α,β-unsaturated/α-hetero) is 1. The molecule has 0 aliphatic carbocycles. The van der Waals surface area contributed by atoms with Crippen molar-refractivity contribution in [3.8, 4) is 0 Å². The summed E-state index contributed by atoms with van der Waals surface area (Å²) in [6.07, 6.45) is 12.1. The lowest BCUT2D eigenvalue weighted by atomic mass is 10.0. The standard InChI is InChI=1S/C39H62N8O11/c40-58-29-35(49)41-21-26-56-24-9-4-10-25-57-27-22-42-37(52)31-18-16-30(17-19-31)34(48)14-6-3-1-2-5-12-32-28-47(46-45-32)23-8-7-13-33(38(53)54)44-39(55)43-20-11-15-36(50)51/h16-19,28,33H,1-15,20-27,29,40H2,(H,41,49)(H,42,52)(H,50,51)(H,53,54)(H2,43,44,55)/t33-/m0/s1. The Balaban J connectivity index is 1.47. The van der Waals surface area contributed by atoms with E-state index >= 15 is 0 Å². The van der Waals surface area contributed by atoms with Gasteiger partial charge in [0.25, 0.3) is 5.91 Å². The topological polar surface area (TPSA) is 275 Å². The molecule has 8 N–H and O–H groups in total. The molecule has 19 heteroatoms. The Labute approximate surface area is 339 Å². The zero-order chi connectivity index (χ0) is 42.2. The first-order valence-corrected chi connectivity index (χ1v) is 20.1. The van der Waals surface area contributed by atoms with Gasteiger partial charge in [-0.05, 0) is 76.3 Å². The summed E-state index contributed by atoms with van der Waals surface area (Å²) in [7, 11) is 0. The van der Waals surface area contributed by atoms with Crippen molar-refractivity contribution in [3.05, 3.63) is 47.3 Å². The largest absolute Gasteiger partial charge is 0.481 e. The van der Waals surface area contributed by atoms with Gasteiger partial charge in [0.2, 0.25) is 5.91 Å². The van der Waals surface area contributed by atoms with Crippen molar-refractivity contribution in [2.45, 2.75) is 109 Å². The monoisotopic (exact) mass is 818 g/mol. The van der Waals surface area contributed by atoms with Gasteiger partial charge in [0.15, 0.2) is 5.78 Å². The van der Waals surface area contributed by atoms with Gasteiger partial charge >= 0.3 is 18.0 Å². The van der Waals surface area contributed by atoms with Crippen molar-refractivity contribution >= 4 is 35.6 Å². The first-order valence-electron chi connectivity index (χ1n) is 20.1. The lowest BCUT2D eigenvalue weighted by Gasteiger charge is -2.15. The van der Waals surface area contributed by atoms with Crippen molar-refractivity contribution in [2.24, 2.45) is 5.90 Å². The maximum atomic E-state index is 12.7. The number of aromatic nitrogens is 3. The molecule has 324 valence electrons. The minimum Gasteiger partial charge on any atom is -0.481 e. The number of carbonyl (C=O) groups is 6. The number of aryl methyl sites for hydroxylation is 2. The predicted octanol–water partition coefficient (Wildman–Crippen LogP) is 2.77. The smallest absolute Gasteiger partial charge is 0.326 e. The highest BCUT2D eigenvalue weighted by molar-refractivity contribution is 5.98. The van der Waals surface area contributed by atoms with Crippen LogP contribution in [-0.4, -0.2) is 119 Å². The number of carboxylic acids is 2. The van der Waals surface area contributed by atoms with Crippen molar-refractivity contribution in [2.75, 3.05) is 52.7 Å². The van der Waals surface area contributed by atoms with Crippen LogP contribution in [0.4, 0.5) is 4.79 Å². The van der Waals surface area contributed by atoms with E-state index in [4.69, 9.17) is 20.5 Å². The van der Waals surface area contributed by atoms with Crippen LogP contribution in [0.5, 0.6) is 0 Å². The molecule has 0 fully saturated rings. The second kappa shape index (κ2) is 31.1. The van der Waals surface area contributed by atoms with Gasteiger partial charge < -0.3 is 41.0 Å². The van der Waals surface area contributed by atoms with Crippen LogP contribution in [0.1, 0.15) is 116 Å². The van der Waals surface area contributed by atoms with Crippen LogP contribution < -0.4 is 27.2 Å². The first kappa shape index (κ1) is 49.2. The Morgan fingerprint density at radius 1 is 0.707 bits per heavy atom. The number of nitrogens with one attached hydrogen (secondary N) is 4. The fourth-order valence-corrected chi connectivity index (χ4v) is 5.68. The average Bonchev–Trinajstić information content (AvgIpc) is 3.66. The van der Waals surface area contributed by atoms with Gasteiger partial charge in [0.05, 0.1) is 18.9 Å². The Morgan fingerprint density at radius 2 is 1.36 bits per heavy atom. The summed E-state index contributed by atoms with van der Waals surface area (Å²) in [5.41, 5.74) is 1.95. The van der Waals surface area contributed by atoms with Crippen LogP contribution in [0, 0.1) is 0 Å². The summed E-state index contributed by atoms with van der Waals surface area (Å²) in [4.78, 5) is 74.6. The van der Waals surface area contributed by atoms with Crippen LogP contribution in [0.2, 0.25) is 0 Å². The summed E-state index contributed by atoms with van der Waals surface area (Å²) in [6.45, 7) is 3.33. The van der Waals surface area contributed by atoms with E-state index in [1.165, 1.54) is 0 Å². The third kappa shape index (κ3) is 23.9. The van der Waals surface area contributed by atoms with Gasteiger partial charge in [-0.2, -0.15) is 0 Å². The van der Waals surface area contributed by atoms with E-state index in [0.29, 0.717) is 76.5 Å². The zero-order valence-electron chi connectivity index (χ0n) is 33.4. The molecule has 4 amide bonds. The van der Waals surface area contributed by atoms with E-state index in [2.05, 4.69) is 36.4 Å². The number of hydrogen-bond donors (Lipinski definition) is 7. The van der Waals surface area contributed by atoms with E-state index in [-0.39, 0.29) is 50.0 Å². The second-order valence-electron chi connectivity index (χ2n) is 13.7. The van der Waals surface area contributed by atoms with Gasteiger partial charge in [0, 0.05) is 69.6 Å². The molecular formula is C39H62N8O11. The number of rotatable bonds is 35. The normalized spacial score (nSPS) is 11.5. The number of hydrogen-bond acceptors (Lipinski definition) is 12. The number of urea groups is 1. The molecule has 0 spiro atoms. The van der Waals surface area contributed by atoms with Gasteiger partial charge in [0.1, 0.15) is 12.6 Å². The van der Waals surface area contributed by atoms with Gasteiger partial charge in [-0.1, -0.05) is 36.6 Å². The number of aliphatic carboxylic acids is 2. The lowest BCUT2D eigenvalue weighted by molar-refractivity contribution is -0.139. The molecule has 0 saturated heterocycles. The average molecular weight is 819 g/mol. The summed E-state index contributed by atoms with van der Waals surface area (Å²) in [5.74, 6) is 2.28. The number of nitrogens with two attached hydrogens (primary N) is 1. The summed E-state index contributed by atoms with van der Waals surface area (Å²) >= 11 is 0. The number of carboxylic acid groups (broad SMARTS) is 2. The van der Waals surface area contributed by atoms with Crippen LogP contribution in [0.25, 0.3) is 0 Å². The van der Waals surface area contributed by atoms with E-state index in [9.17, 15) is 33.9 Å². The van der Waals surface area contributed by atoms with Gasteiger partial charge in [-0.25, -0.2) is 15.5 Å². The molecule has 1 aromatic heterocycles. The molecule has 0 aliphatic heterocycles. The number of carbonyl (C=O) groups excluding carboxylic acids is 4. The SMILES string of the molecule is NOCC(=O)NCCOCCCCCOCCNC(=O)c1ccc(C(=O)CCCCCCCc2cn(CCCC[C@H](NC(=O)NCCCC(=O)O)C(=O)O)nn2)cc1. The molecule has 0 saturated carbocycles. The van der Waals surface area contributed by atoms with Crippen LogP contribution in [0.3, 0.4) is 0 Å². The second-order valence-corrected chi connectivity index (χ2v) is 13.7. The third-order valence-corrected chi connectivity index (χ3v) is 8.87. The Hall–Kier alpha value is -4.98. The maximum absolute atomic E-state index is 12.7.